The second-order valence-electron chi connectivity index (χ2n) is 8.45. The van der Waals surface area contributed by atoms with Gasteiger partial charge in [-0.25, -0.2) is 9.97 Å². The standard InChI is InChI=1S/C23H29N7O2/c24-17-3-1-2-4-18(17)28-20-13-19-21(23(31)26-14-25-19)22(29-20)27-15-5-7-16(8-6-15)30-9-11-32-12-10-30/h5-8,13-14,17-18H,1-4,9-12,24H2,(H,25,26,31)(H2,27,28,29)/t17-,18-/m1/s1. The Morgan fingerprint density at radius 3 is 2.69 bits per heavy atom. The maximum absolute atomic E-state index is 12.6. The molecule has 168 valence electrons. The Bertz CT molecular complexity index is 1130. The first-order valence-corrected chi connectivity index (χ1v) is 11.3. The Hall–Kier alpha value is -3.17. The van der Waals surface area contributed by atoms with Gasteiger partial charge in [-0.05, 0) is 37.1 Å². The molecule has 32 heavy (non-hydrogen) atoms. The molecule has 9 heteroatoms. The summed E-state index contributed by atoms with van der Waals surface area (Å²) in [6.45, 7) is 3.26. The maximum Gasteiger partial charge on any atom is 0.262 e. The number of aromatic nitrogens is 3. The van der Waals surface area contributed by atoms with Crippen molar-refractivity contribution in [2.24, 2.45) is 5.73 Å². The van der Waals surface area contributed by atoms with Crippen LogP contribution in [0.5, 0.6) is 0 Å². The van der Waals surface area contributed by atoms with Gasteiger partial charge in [-0.3, -0.25) is 4.79 Å². The number of benzene rings is 1. The molecule has 1 aromatic carbocycles. The summed E-state index contributed by atoms with van der Waals surface area (Å²) in [4.78, 5) is 26.6. The molecule has 5 rings (SSSR count). The number of fused-ring (bicyclic) bond motifs is 1. The summed E-state index contributed by atoms with van der Waals surface area (Å²) in [5, 5.41) is 7.23. The third-order valence-electron chi connectivity index (χ3n) is 6.28. The molecular formula is C23H29N7O2. The van der Waals surface area contributed by atoms with E-state index < -0.39 is 0 Å². The number of anilines is 4. The summed E-state index contributed by atoms with van der Waals surface area (Å²) in [7, 11) is 0. The van der Waals surface area contributed by atoms with Gasteiger partial charge >= 0.3 is 0 Å². The van der Waals surface area contributed by atoms with Crippen LogP contribution in [0.1, 0.15) is 25.7 Å². The zero-order valence-electron chi connectivity index (χ0n) is 18.0. The zero-order chi connectivity index (χ0) is 21.9. The van der Waals surface area contributed by atoms with Gasteiger partial charge in [0.25, 0.3) is 5.56 Å². The van der Waals surface area contributed by atoms with Gasteiger partial charge in [-0.15, -0.1) is 0 Å². The second kappa shape index (κ2) is 9.13. The highest BCUT2D eigenvalue weighted by molar-refractivity contribution is 5.92. The van der Waals surface area contributed by atoms with Gasteiger partial charge in [0, 0.05) is 42.6 Å². The van der Waals surface area contributed by atoms with Crippen molar-refractivity contribution in [2.75, 3.05) is 41.8 Å². The van der Waals surface area contributed by atoms with Crippen LogP contribution in [0, 0.1) is 0 Å². The van der Waals surface area contributed by atoms with Crippen LogP contribution in [0.25, 0.3) is 10.9 Å². The third-order valence-corrected chi connectivity index (χ3v) is 6.28. The van der Waals surface area contributed by atoms with E-state index in [9.17, 15) is 4.79 Å². The first-order chi connectivity index (χ1) is 15.7. The maximum atomic E-state index is 12.6. The van der Waals surface area contributed by atoms with E-state index in [2.05, 4.69) is 37.6 Å². The number of nitrogens with one attached hydrogen (secondary N) is 3. The summed E-state index contributed by atoms with van der Waals surface area (Å²) < 4.78 is 5.43. The van der Waals surface area contributed by atoms with E-state index in [1.54, 1.807) is 0 Å². The monoisotopic (exact) mass is 435 g/mol. The third kappa shape index (κ3) is 4.39. The lowest BCUT2D eigenvalue weighted by molar-refractivity contribution is 0.122. The van der Waals surface area contributed by atoms with E-state index in [4.69, 9.17) is 15.5 Å². The number of morpholine rings is 1. The fraction of sp³-hybridized carbons (Fsp3) is 0.435. The Labute approximate surface area is 186 Å². The highest BCUT2D eigenvalue weighted by atomic mass is 16.5. The summed E-state index contributed by atoms with van der Waals surface area (Å²) in [6, 6.07) is 10.2. The Morgan fingerprint density at radius 1 is 1.12 bits per heavy atom. The largest absolute Gasteiger partial charge is 0.378 e. The number of ether oxygens (including phenoxy) is 1. The summed E-state index contributed by atoms with van der Waals surface area (Å²) in [5.41, 5.74) is 8.68. The highest BCUT2D eigenvalue weighted by Gasteiger charge is 2.22. The van der Waals surface area contributed by atoms with Crippen LogP contribution >= 0.6 is 0 Å². The van der Waals surface area contributed by atoms with Crippen LogP contribution in [-0.2, 0) is 4.74 Å². The molecule has 2 aromatic heterocycles. The first-order valence-electron chi connectivity index (χ1n) is 11.3. The van der Waals surface area contributed by atoms with Crippen molar-refractivity contribution in [3.8, 4) is 0 Å². The highest BCUT2D eigenvalue weighted by Crippen LogP contribution is 2.27. The number of pyridine rings is 1. The molecule has 0 bridgehead atoms. The number of nitrogens with two attached hydrogens (primary N) is 1. The molecule has 9 nitrogen and oxygen atoms in total. The van der Waals surface area contributed by atoms with Gasteiger partial charge in [0.05, 0.1) is 25.1 Å². The van der Waals surface area contributed by atoms with Crippen LogP contribution in [0.15, 0.2) is 41.5 Å². The molecule has 5 N–H and O–H groups in total. The molecule has 0 unspecified atom stereocenters. The van der Waals surface area contributed by atoms with E-state index in [-0.39, 0.29) is 17.6 Å². The molecule has 0 spiro atoms. The molecule has 3 heterocycles. The normalized spacial score (nSPS) is 21.5. The van der Waals surface area contributed by atoms with Crippen LogP contribution in [0.2, 0.25) is 0 Å². The zero-order valence-corrected chi connectivity index (χ0v) is 18.0. The van der Waals surface area contributed by atoms with Gasteiger partial charge < -0.3 is 31.0 Å². The van der Waals surface area contributed by atoms with Crippen LogP contribution in [-0.4, -0.2) is 53.3 Å². The van der Waals surface area contributed by atoms with E-state index in [0.717, 1.165) is 63.4 Å². The molecule has 2 aliphatic rings. The minimum Gasteiger partial charge on any atom is -0.378 e. The smallest absolute Gasteiger partial charge is 0.262 e. The van der Waals surface area contributed by atoms with Crippen molar-refractivity contribution in [2.45, 2.75) is 37.8 Å². The van der Waals surface area contributed by atoms with Crippen molar-refractivity contribution in [3.63, 3.8) is 0 Å². The molecule has 2 atom stereocenters. The quantitative estimate of drug-likeness (QED) is 0.483. The number of H-pyrrole nitrogens is 1. The van der Waals surface area contributed by atoms with Gasteiger partial charge in [0.1, 0.15) is 17.0 Å². The van der Waals surface area contributed by atoms with Gasteiger partial charge in [-0.2, -0.15) is 0 Å². The number of aromatic amines is 1. The van der Waals surface area contributed by atoms with Gasteiger partial charge in [0.15, 0.2) is 0 Å². The topological polar surface area (TPSA) is 121 Å². The minimum absolute atomic E-state index is 0.0949. The molecule has 1 aliphatic heterocycles. The fourth-order valence-corrected chi connectivity index (χ4v) is 4.50. The lowest BCUT2D eigenvalue weighted by atomic mass is 9.91. The minimum atomic E-state index is -0.226. The molecule has 0 radical (unpaired) electrons. The Balaban J connectivity index is 1.43. The fourth-order valence-electron chi connectivity index (χ4n) is 4.50. The van der Waals surface area contributed by atoms with Crippen LogP contribution in [0.4, 0.5) is 23.0 Å². The molecular weight excluding hydrogens is 406 g/mol. The number of rotatable bonds is 5. The lowest BCUT2D eigenvalue weighted by Gasteiger charge is -2.30. The molecule has 3 aromatic rings. The summed E-state index contributed by atoms with van der Waals surface area (Å²) in [5.74, 6) is 1.15. The summed E-state index contributed by atoms with van der Waals surface area (Å²) >= 11 is 0. The van der Waals surface area contributed by atoms with Crippen molar-refractivity contribution in [3.05, 3.63) is 47.0 Å². The molecule has 0 amide bonds. The SMILES string of the molecule is N[C@@H]1CCCC[C@H]1Nc1cc2nc[nH]c(=O)c2c(Nc2ccc(N3CCOCC3)cc2)n1. The number of hydrogen-bond donors (Lipinski definition) is 4. The Morgan fingerprint density at radius 2 is 1.91 bits per heavy atom. The molecule has 2 fully saturated rings. The van der Waals surface area contributed by atoms with E-state index in [1.807, 2.05) is 18.2 Å². The molecule has 1 aliphatic carbocycles. The second-order valence-corrected chi connectivity index (χ2v) is 8.45. The molecule has 1 saturated heterocycles. The van der Waals surface area contributed by atoms with Crippen molar-refractivity contribution in [1.82, 2.24) is 15.0 Å². The van der Waals surface area contributed by atoms with Gasteiger partial charge in [0.2, 0.25) is 0 Å². The average molecular weight is 436 g/mol. The number of hydrogen-bond acceptors (Lipinski definition) is 8. The number of nitrogens with zero attached hydrogens (tertiary/aromatic N) is 3. The predicted molar refractivity (Wildman–Crippen MR) is 127 cm³/mol. The van der Waals surface area contributed by atoms with E-state index in [1.165, 1.54) is 6.33 Å². The first kappa shape index (κ1) is 20.7. The van der Waals surface area contributed by atoms with Crippen molar-refractivity contribution < 1.29 is 4.74 Å². The average Bonchev–Trinajstić information content (AvgIpc) is 2.82. The molecule has 1 saturated carbocycles. The van der Waals surface area contributed by atoms with Crippen molar-refractivity contribution in [1.29, 1.82) is 0 Å². The van der Waals surface area contributed by atoms with Crippen LogP contribution < -0.4 is 26.8 Å². The Kier molecular flexibility index (Phi) is 5.91. The van der Waals surface area contributed by atoms with Crippen LogP contribution in [0.3, 0.4) is 0 Å². The van der Waals surface area contributed by atoms with Gasteiger partial charge in [-0.1, -0.05) is 12.8 Å². The van der Waals surface area contributed by atoms with Crippen molar-refractivity contribution >= 4 is 33.9 Å². The summed E-state index contributed by atoms with van der Waals surface area (Å²) in [6.07, 6.45) is 5.74. The lowest BCUT2D eigenvalue weighted by Crippen LogP contribution is -2.42. The van der Waals surface area contributed by atoms with E-state index >= 15 is 0 Å². The van der Waals surface area contributed by atoms with E-state index in [0.29, 0.717) is 22.5 Å². The predicted octanol–water partition coefficient (Wildman–Crippen LogP) is 2.58.